The highest BCUT2D eigenvalue weighted by Crippen LogP contribution is 2.26. The minimum Gasteiger partial charge on any atom is -0.479 e. The van der Waals surface area contributed by atoms with Crippen molar-refractivity contribution in [3.05, 3.63) is 47.1 Å². The van der Waals surface area contributed by atoms with Gasteiger partial charge in [0.05, 0.1) is 5.39 Å². The average molecular weight is 308 g/mol. The van der Waals surface area contributed by atoms with Crippen LogP contribution in [0.2, 0.25) is 0 Å². The lowest BCUT2D eigenvalue weighted by atomic mass is 10.3. The summed E-state index contributed by atoms with van der Waals surface area (Å²) in [6.07, 6.45) is 0. The number of hydrogen-bond donors (Lipinski definition) is 2. The van der Waals surface area contributed by atoms with Crippen LogP contribution in [-0.2, 0) is 6.61 Å². The first-order valence-electron chi connectivity index (χ1n) is 5.96. The summed E-state index contributed by atoms with van der Waals surface area (Å²) in [5.74, 6) is 4.12. The van der Waals surface area contributed by atoms with Gasteiger partial charge < -0.3 is 10.2 Å². The van der Waals surface area contributed by atoms with Crippen molar-refractivity contribution in [2.75, 3.05) is 5.43 Å². The van der Waals surface area contributed by atoms with Crippen LogP contribution in [0.25, 0.3) is 10.2 Å². The van der Waals surface area contributed by atoms with Gasteiger partial charge in [-0.25, -0.2) is 24.6 Å². The quantitative estimate of drug-likeness (QED) is 0.573. The number of rotatable bonds is 4. The van der Waals surface area contributed by atoms with Gasteiger partial charge in [-0.15, -0.1) is 11.3 Å². The van der Waals surface area contributed by atoms with E-state index in [0.29, 0.717) is 10.6 Å². The maximum atomic E-state index is 13.5. The molecule has 0 atom stereocenters. The molecule has 2 aromatic heterocycles. The standard InChI is InChI=1S/C13H10F2N4OS/c14-8-2-1-3-9(15)11(8)20-6-10-17-12(19-16)7-4-5-21-13(7)18-10/h1-5H,6,16H2,(H,17,18,19). The third kappa shape index (κ3) is 2.63. The summed E-state index contributed by atoms with van der Waals surface area (Å²) in [6.45, 7) is -0.166. The van der Waals surface area contributed by atoms with Crippen molar-refractivity contribution in [2.24, 2.45) is 5.84 Å². The highest BCUT2D eigenvalue weighted by atomic mass is 32.1. The van der Waals surface area contributed by atoms with E-state index in [-0.39, 0.29) is 12.4 Å². The van der Waals surface area contributed by atoms with E-state index >= 15 is 0 Å². The molecular formula is C13H10F2N4OS. The SMILES string of the molecule is NNc1nc(COc2c(F)cccc2F)nc2sccc12. The Bertz CT molecular complexity index is 773. The van der Waals surface area contributed by atoms with Gasteiger partial charge in [-0.1, -0.05) is 6.07 Å². The minimum atomic E-state index is -0.774. The zero-order valence-electron chi connectivity index (χ0n) is 10.6. The van der Waals surface area contributed by atoms with E-state index in [0.717, 1.165) is 17.5 Å². The number of halogens is 2. The Morgan fingerprint density at radius 1 is 1.19 bits per heavy atom. The smallest absolute Gasteiger partial charge is 0.191 e. The van der Waals surface area contributed by atoms with Crippen molar-refractivity contribution >= 4 is 27.4 Å². The summed E-state index contributed by atoms with van der Waals surface area (Å²) in [5, 5.41) is 2.63. The van der Waals surface area contributed by atoms with Crippen LogP contribution in [0.3, 0.4) is 0 Å². The molecule has 0 unspecified atom stereocenters. The van der Waals surface area contributed by atoms with Gasteiger partial charge in [-0.05, 0) is 23.6 Å². The molecule has 0 aliphatic heterocycles. The number of benzene rings is 1. The number of nitrogens with two attached hydrogens (primary N) is 1. The molecule has 108 valence electrons. The molecule has 0 amide bonds. The van der Waals surface area contributed by atoms with Crippen LogP contribution in [0.4, 0.5) is 14.6 Å². The van der Waals surface area contributed by atoms with Gasteiger partial charge in [-0.3, -0.25) is 0 Å². The molecule has 0 aliphatic carbocycles. The lowest BCUT2D eigenvalue weighted by Crippen LogP contribution is -2.12. The fourth-order valence-corrected chi connectivity index (χ4v) is 2.61. The Balaban J connectivity index is 1.88. The largest absolute Gasteiger partial charge is 0.479 e. The molecule has 0 bridgehead atoms. The van der Waals surface area contributed by atoms with Crippen molar-refractivity contribution in [2.45, 2.75) is 6.61 Å². The van der Waals surface area contributed by atoms with E-state index in [1.807, 2.05) is 11.4 Å². The predicted octanol–water partition coefficient (Wildman–Crippen LogP) is 2.83. The fraction of sp³-hybridized carbons (Fsp3) is 0.0769. The molecule has 3 rings (SSSR count). The molecule has 0 radical (unpaired) electrons. The fourth-order valence-electron chi connectivity index (χ4n) is 1.83. The summed E-state index contributed by atoms with van der Waals surface area (Å²) < 4.78 is 32.1. The molecule has 0 aliphatic rings. The Kier molecular flexibility index (Phi) is 3.63. The highest BCUT2D eigenvalue weighted by Gasteiger charge is 2.12. The number of nitrogen functional groups attached to an aromatic ring is 1. The molecule has 8 heteroatoms. The second kappa shape index (κ2) is 5.58. The molecule has 21 heavy (non-hydrogen) atoms. The van der Waals surface area contributed by atoms with Gasteiger partial charge in [-0.2, -0.15) is 0 Å². The van der Waals surface area contributed by atoms with Crippen LogP contribution < -0.4 is 16.0 Å². The number of hydrogen-bond acceptors (Lipinski definition) is 6. The normalized spacial score (nSPS) is 10.8. The number of nitrogens with one attached hydrogen (secondary N) is 1. The molecule has 1 aromatic carbocycles. The molecule has 0 fully saturated rings. The second-order valence-corrected chi connectivity index (χ2v) is 5.01. The van der Waals surface area contributed by atoms with Crippen molar-refractivity contribution in [1.82, 2.24) is 9.97 Å². The first-order chi connectivity index (χ1) is 10.2. The molecular weight excluding hydrogens is 298 g/mol. The van der Waals surface area contributed by atoms with Crippen molar-refractivity contribution < 1.29 is 13.5 Å². The van der Waals surface area contributed by atoms with Gasteiger partial charge in [0.15, 0.2) is 29.0 Å². The summed E-state index contributed by atoms with van der Waals surface area (Å²) in [7, 11) is 0. The summed E-state index contributed by atoms with van der Waals surface area (Å²) in [6, 6.07) is 5.34. The number of anilines is 1. The molecule has 0 saturated carbocycles. The number of thiophene rings is 1. The average Bonchev–Trinajstić information content (AvgIpc) is 2.94. The minimum absolute atomic E-state index is 0.166. The predicted molar refractivity (Wildman–Crippen MR) is 75.9 cm³/mol. The van der Waals surface area contributed by atoms with E-state index in [1.54, 1.807) is 0 Å². The van der Waals surface area contributed by atoms with Gasteiger partial charge in [0.1, 0.15) is 11.4 Å². The Hall–Kier alpha value is -2.32. The zero-order valence-corrected chi connectivity index (χ0v) is 11.5. The number of para-hydroxylation sites is 1. The third-order valence-corrected chi connectivity index (χ3v) is 3.58. The van der Waals surface area contributed by atoms with E-state index in [2.05, 4.69) is 15.4 Å². The van der Waals surface area contributed by atoms with Crippen molar-refractivity contribution in [3.8, 4) is 5.75 Å². The second-order valence-electron chi connectivity index (χ2n) is 4.11. The maximum absolute atomic E-state index is 13.5. The van der Waals surface area contributed by atoms with Gasteiger partial charge in [0, 0.05) is 0 Å². The van der Waals surface area contributed by atoms with Crippen LogP contribution in [-0.4, -0.2) is 9.97 Å². The van der Waals surface area contributed by atoms with Crippen molar-refractivity contribution in [3.63, 3.8) is 0 Å². The van der Waals surface area contributed by atoms with Gasteiger partial charge >= 0.3 is 0 Å². The number of hydrazine groups is 1. The summed E-state index contributed by atoms with van der Waals surface area (Å²) in [4.78, 5) is 9.13. The lowest BCUT2D eigenvalue weighted by Gasteiger charge is -2.08. The van der Waals surface area contributed by atoms with Crippen LogP contribution in [0.1, 0.15) is 5.82 Å². The maximum Gasteiger partial charge on any atom is 0.191 e. The van der Waals surface area contributed by atoms with Gasteiger partial charge in [0.25, 0.3) is 0 Å². The van der Waals surface area contributed by atoms with Crippen LogP contribution in [0.5, 0.6) is 5.75 Å². The Labute approximate surface area is 122 Å². The molecule has 3 aromatic rings. The monoisotopic (exact) mass is 308 g/mol. The first kappa shape index (κ1) is 13.7. The number of fused-ring (bicyclic) bond motifs is 1. The third-order valence-electron chi connectivity index (χ3n) is 2.77. The van der Waals surface area contributed by atoms with E-state index in [9.17, 15) is 8.78 Å². The highest BCUT2D eigenvalue weighted by molar-refractivity contribution is 7.16. The number of nitrogens with zero attached hydrogens (tertiary/aromatic N) is 2. The summed E-state index contributed by atoms with van der Waals surface area (Å²) >= 11 is 1.41. The van der Waals surface area contributed by atoms with E-state index in [4.69, 9.17) is 10.6 Å². The first-order valence-corrected chi connectivity index (χ1v) is 6.84. The Morgan fingerprint density at radius 2 is 1.95 bits per heavy atom. The molecule has 5 nitrogen and oxygen atoms in total. The van der Waals surface area contributed by atoms with E-state index < -0.39 is 17.4 Å². The number of ether oxygens (including phenoxy) is 1. The van der Waals surface area contributed by atoms with Crippen LogP contribution in [0.15, 0.2) is 29.6 Å². The topological polar surface area (TPSA) is 73.1 Å². The van der Waals surface area contributed by atoms with Gasteiger partial charge in [0.2, 0.25) is 0 Å². The Morgan fingerprint density at radius 3 is 2.67 bits per heavy atom. The van der Waals surface area contributed by atoms with Crippen molar-refractivity contribution in [1.29, 1.82) is 0 Å². The zero-order chi connectivity index (χ0) is 14.8. The molecule has 3 N–H and O–H groups in total. The number of aromatic nitrogens is 2. The lowest BCUT2D eigenvalue weighted by molar-refractivity contribution is 0.266. The molecule has 2 heterocycles. The van der Waals surface area contributed by atoms with Crippen LogP contribution >= 0.6 is 11.3 Å². The molecule has 0 spiro atoms. The molecule has 0 saturated heterocycles. The van der Waals surface area contributed by atoms with Crippen LogP contribution in [0, 0.1) is 11.6 Å². The summed E-state index contributed by atoms with van der Waals surface area (Å²) in [5.41, 5.74) is 2.47. The van der Waals surface area contributed by atoms with E-state index in [1.165, 1.54) is 17.4 Å².